The van der Waals surface area contributed by atoms with Crippen LogP contribution >= 0.6 is 11.8 Å². The molecular weight excluding hydrogens is 578 g/mol. The molecule has 0 heterocycles. The minimum atomic E-state index is -0.825. The highest BCUT2D eigenvalue weighted by atomic mass is 32.2. The molecule has 3 aliphatic rings. The van der Waals surface area contributed by atoms with Gasteiger partial charge in [-0.2, -0.15) is 0 Å². The van der Waals surface area contributed by atoms with Crippen molar-refractivity contribution in [3.05, 3.63) is 42.5 Å². The lowest BCUT2D eigenvalue weighted by molar-refractivity contribution is -0.205. The Morgan fingerprint density at radius 2 is 1.98 bits per heavy atom. The van der Waals surface area contributed by atoms with E-state index < -0.39 is 35.0 Å². The summed E-state index contributed by atoms with van der Waals surface area (Å²) in [6, 6.07) is 6.68. The maximum Gasteiger partial charge on any atom is 0.316 e. The zero-order valence-electron chi connectivity index (χ0n) is 26.5. The summed E-state index contributed by atoms with van der Waals surface area (Å²) in [5.74, 6) is -1.12. The number of esters is 1. The first-order valence-corrected chi connectivity index (χ1v) is 16.7. The first kappa shape index (κ1) is 34.2. The average Bonchev–Trinajstić information content (AvgIpc) is 3.35. The van der Waals surface area contributed by atoms with E-state index in [1.54, 1.807) is 6.08 Å². The molecule has 9 nitrogen and oxygen atoms in total. The minimum Gasteiger partial charge on any atom is -0.461 e. The van der Waals surface area contributed by atoms with Crippen LogP contribution in [0.4, 0.5) is 0 Å². The smallest absolute Gasteiger partial charge is 0.316 e. The SMILES string of the molecule is C=C[C@]1(C)C[C@@H](OC(=O)CSc2cccc(CNC(=O)[C@@H](N)CCC(N)=O)c2)[C@]2(C)C(C)CCC3(CCC(=O)C32)[C@@H](C)[C@@H]1O. The Morgan fingerprint density at radius 1 is 1.25 bits per heavy atom. The fourth-order valence-electron chi connectivity index (χ4n) is 8.33. The second-order valence-electron chi connectivity index (χ2n) is 13.8. The van der Waals surface area contributed by atoms with Gasteiger partial charge in [0.2, 0.25) is 11.8 Å². The first-order valence-electron chi connectivity index (χ1n) is 15.7. The molecule has 1 aromatic carbocycles. The summed E-state index contributed by atoms with van der Waals surface area (Å²) in [5, 5.41) is 14.5. The van der Waals surface area contributed by atoms with Crippen molar-refractivity contribution in [1.82, 2.24) is 5.32 Å². The molecule has 0 aliphatic heterocycles. The Hall–Kier alpha value is -2.69. The van der Waals surface area contributed by atoms with Crippen molar-refractivity contribution in [3.63, 3.8) is 0 Å². The van der Waals surface area contributed by atoms with E-state index in [2.05, 4.69) is 32.7 Å². The summed E-state index contributed by atoms with van der Waals surface area (Å²) >= 11 is 1.34. The molecule has 0 saturated heterocycles. The van der Waals surface area contributed by atoms with Gasteiger partial charge in [-0.15, -0.1) is 18.3 Å². The number of primary amides is 1. The summed E-state index contributed by atoms with van der Waals surface area (Å²) in [5.41, 5.74) is 10.3. The Balaban J connectivity index is 1.47. The topological polar surface area (TPSA) is 162 Å². The van der Waals surface area contributed by atoms with Crippen LogP contribution in [0.15, 0.2) is 41.8 Å². The molecule has 242 valence electrons. The molecule has 3 saturated carbocycles. The van der Waals surface area contributed by atoms with Crippen LogP contribution in [0, 0.1) is 34.0 Å². The Labute approximate surface area is 265 Å². The van der Waals surface area contributed by atoms with Crippen LogP contribution in [0.2, 0.25) is 0 Å². The maximum atomic E-state index is 13.6. The highest BCUT2D eigenvalue weighted by Gasteiger charge is 2.68. The third kappa shape index (κ3) is 6.49. The molecule has 3 fully saturated rings. The predicted octanol–water partition coefficient (Wildman–Crippen LogP) is 3.89. The molecule has 0 radical (unpaired) electrons. The summed E-state index contributed by atoms with van der Waals surface area (Å²) in [6.45, 7) is 12.7. The molecule has 2 amide bonds. The Bertz CT molecular complexity index is 1290. The van der Waals surface area contributed by atoms with E-state index in [-0.39, 0.29) is 66.0 Å². The highest BCUT2D eigenvalue weighted by Crippen LogP contribution is 2.68. The van der Waals surface area contributed by atoms with Gasteiger partial charge in [-0.1, -0.05) is 45.9 Å². The lowest BCUT2D eigenvalue weighted by atomic mass is 9.44. The van der Waals surface area contributed by atoms with Crippen molar-refractivity contribution in [1.29, 1.82) is 0 Å². The van der Waals surface area contributed by atoms with Gasteiger partial charge in [0, 0.05) is 41.0 Å². The molecule has 3 aliphatic carbocycles. The number of Topliss-reactive ketones (excluding diaryl/α,β-unsaturated/α-hetero) is 1. The number of amides is 2. The van der Waals surface area contributed by atoms with Crippen molar-refractivity contribution in [2.45, 2.75) is 102 Å². The number of carbonyl (C=O) groups is 4. The number of benzene rings is 1. The van der Waals surface area contributed by atoms with E-state index in [1.807, 2.05) is 31.2 Å². The van der Waals surface area contributed by atoms with E-state index in [0.29, 0.717) is 12.8 Å². The van der Waals surface area contributed by atoms with Crippen molar-refractivity contribution in [2.75, 3.05) is 5.75 Å². The molecule has 10 heteroatoms. The number of aliphatic hydroxyl groups is 1. The van der Waals surface area contributed by atoms with Crippen molar-refractivity contribution in [2.24, 2.45) is 45.5 Å². The molecule has 4 rings (SSSR count). The van der Waals surface area contributed by atoms with Gasteiger partial charge in [0.25, 0.3) is 0 Å². The molecular formula is C34H49N3O6S. The van der Waals surface area contributed by atoms with E-state index in [0.717, 1.165) is 29.7 Å². The molecule has 1 aromatic rings. The monoisotopic (exact) mass is 627 g/mol. The third-order valence-electron chi connectivity index (χ3n) is 11.3. The van der Waals surface area contributed by atoms with Gasteiger partial charge in [0.1, 0.15) is 11.9 Å². The first-order chi connectivity index (χ1) is 20.7. The van der Waals surface area contributed by atoms with Gasteiger partial charge in [0.15, 0.2) is 0 Å². The van der Waals surface area contributed by atoms with Crippen LogP contribution in [0.3, 0.4) is 0 Å². The molecule has 0 aromatic heterocycles. The lowest BCUT2D eigenvalue weighted by Crippen LogP contribution is -2.63. The van der Waals surface area contributed by atoms with E-state index in [1.165, 1.54) is 11.8 Å². The van der Waals surface area contributed by atoms with Crippen LogP contribution in [0.1, 0.15) is 78.2 Å². The lowest BCUT2D eigenvalue weighted by Gasteiger charge is -2.61. The summed E-state index contributed by atoms with van der Waals surface area (Å²) in [4.78, 5) is 51.1. The molecule has 0 spiro atoms. The zero-order chi connectivity index (χ0) is 32.4. The van der Waals surface area contributed by atoms with Crippen LogP contribution in [0.5, 0.6) is 0 Å². The number of ketones is 1. The second-order valence-corrected chi connectivity index (χ2v) is 14.9. The number of nitrogens with one attached hydrogen (secondary N) is 1. The molecule has 44 heavy (non-hydrogen) atoms. The van der Waals surface area contributed by atoms with Gasteiger partial charge in [-0.3, -0.25) is 19.2 Å². The molecule has 2 bridgehead atoms. The third-order valence-corrected chi connectivity index (χ3v) is 12.3. The maximum absolute atomic E-state index is 13.6. The zero-order valence-corrected chi connectivity index (χ0v) is 27.3. The number of nitrogens with two attached hydrogens (primary N) is 2. The number of ether oxygens (including phenoxy) is 1. The Kier molecular flexibility index (Phi) is 10.4. The number of rotatable bonds is 11. The largest absolute Gasteiger partial charge is 0.461 e. The molecule has 6 N–H and O–H groups in total. The van der Waals surface area contributed by atoms with Gasteiger partial charge < -0.3 is 26.6 Å². The van der Waals surface area contributed by atoms with E-state index in [4.69, 9.17) is 16.2 Å². The fourth-order valence-corrected chi connectivity index (χ4v) is 9.09. The quantitative estimate of drug-likeness (QED) is 0.163. The fraction of sp³-hybridized carbons (Fsp3) is 0.647. The van der Waals surface area contributed by atoms with Gasteiger partial charge in [-0.25, -0.2) is 0 Å². The number of thioether (sulfide) groups is 1. The number of hydrogen-bond acceptors (Lipinski definition) is 8. The predicted molar refractivity (Wildman–Crippen MR) is 170 cm³/mol. The standard InChI is InChI=1S/C34H49N3O6S/c1-6-32(4)17-26(33(5)20(2)12-14-34(21(3)30(32)41)15-13-25(38)29(33)34)43-28(40)19-44-23-9-7-8-22(16-23)18-37-31(42)24(35)10-11-27(36)39/h6-9,16,20-21,24,26,29-30,41H,1,10-15,17-19,35H2,2-5H3,(H2,36,39)(H,37,42)/t20?,21-,24-,26+,29?,30-,32+,33-,34?/m0/s1. The highest BCUT2D eigenvalue weighted by molar-refractivity contribution is 8.00. The average molecular weight is 628 g/mol. The summed E-state index contributed by atoms with van der Waals surface area (Å²) in [6.07, 6.45) is 4.23. The number of carbonyl (C=O) groups excluding carboxylic acids is 4. The van der Waals surface area contributed by atoms with Gasteiger partial charge in [-0.05, 0) is 67.1 Å². The van der Waals surface area contributed by atoms with E-state index in [9.17, 15) is 24.3 Å². The normalized spacial score (nSPS) is 35.5. The van der Waals surface area contributed by atoms with Gasteiger partial charge in [0.05, 0.1) is 17.9 Å². The second kappa shape index (κ2) is 13.3. The molecule has 3 unspecified atom stereocenters. The van der Waals surface area contributed by atoms with Crippen molar-refractivity contribution >= 4 is 35.3 Å². The summed E-state index contributed by atoms with van der Waals surface area (Å²) in [7, 11) is 0. The van der Waals surface area contributed by atoms with Crippen LogP contribution < -0.4 is 16.8 Å². The van der Waals surface area contributed by atoms with Crippen LogP contribution in [-0.4, -0.2) is 52.7 Å². The van der Waals surface area contributed by atoms with Gasteiger partial charge >= 0.3 is 5.97 Å². The van der Waals surface area contributed by atoms with Crippen LogP contribution in [-0.2, 0) is 30.5 Å². The molecule has 9 atom stereocenters. The Morgan fingerprint density at radius 3 is 2.66 bits per heavy atom. The van der Waals surface area contributed by atoms with Crippen molar-refractivity contribution < 1.29 is 29.0 Å². The van der Waals surface area contributed by atoms with Crippen molar-refractivity contribution in [3.8, 4) is 0 Å². The van der Waals surface area contributed by atoms with Crippen LogP contribution in [0.25, 0.3) is 0 Å². The van der Waals surface area contributed by atoms with E-state index >= 15 is 0 Å². The minimum absolute atomic E-state index is 0.0418. The summed E-state index contributed by atoms with van der Waals surface area (Å²) < 4.78 is 6.34. The number of aliphatic hydroxyl groups excluding tert-OH is 1. The number of hydrogen-bond donors (Lipinski definition) is 4.